The van der Waals surface area contributed by atoms with E-state index in [0.717, 1.165) is 0 Å². The van der Waals surface area contributed by atoms with Crippen LogP contribution in [0, 0.1) is 6.92 Å². The van der Waals surface area contributed by atoms with Crippen molar-refractivity contribution in [1.82, 2.24) is 4.98 Å². The molecule has 0 radical (unpaired) electrons. The van der Waals surface area contributed by atoms with Gasteiger partial charge in [-0.25, -0.2) is 13.8 Å². The number of hydrogen-bond donors (Lipinski definition) is 0. The Morgan fingerprint density at radius 1 is 1.57 bits per heavy atom. The summed E-state index contributed by atoms with van der Waals surface area (Å²) < 4.78 is 28.2. The second-order valence-corrected chi connectivity index (χ2v) is 2.70. The van der Waals surface area contributed by atoms with Crippen LogP contribution in [0.5, 0.6) is 5.88 Å². The molecule has 0 saturated heterocycles. The lowest BCUT2D eigenvalue weighted by Crippen LogP contribution is -2.08. The van der Waals surface area contributed by atoms with Gasteiger partial charge in [0.05, 0.1) is 0 Å². The molecule has 0 bridgehead atoms. The number of nitrogens with zero attached hydrogens (tertiary/aromatic N) is 1. The number of pyridine rings is 1. The van der Waals surface area contributed by atoms with Gasteiger partial charge in [-0.05, 0) is 13.0 Å². The maximum atomic E-state index is 11.8. The molecule has 0 amide bonds. The first-order valence-corrected chi connectivity index (χ1v) is 3.96. The topological polar surface area (TPSA) is 39.2 Å². The number of aromatic nitrogens is 1. The highest BCUT2D eigenvalue weighted by Crippen LogP contribution is 2.11. The van der Waals surface area contributed by atoms with Crippen molar-refractivity contribution in [2.75, 3.05) is 6.61 Å². The third-order valence-electron chi connectivity index (χ3n) is 1.45. The third-order valence-corrected chi connectivity index (χ3v) is 1.45. The average Bonchev–Trinajstić information content (AvgIpc) is 2.14. The predicted octanol–water partition coefficient (Wildman–Crippen LogP) is 1.85. The van der Waals surface area contributed by atoms with Crippen molar-refractivity contribution in [2.24, 2.45) is 0 Å². The molecule has 1 rings (SSSR count). The van der Waals surface area contributed by atoms with Gasteiger partial charge in [0.1, 0.15) is 6.29 Å². The number of aryl methyl sites for hydroxylation is 1. The normalized spacial score (nSPS) is 10.3. The molecule has 0 aromatic carbocycles. The summed E-state index contributed by atoms with van der Waals surface area (Å²) >= 11 is 0. The number of alkyl halides is 2. The fraction of sp³-hybridized carbons (Fsp3) is 0.333. The standard InChI is InChI=1S/C9H9F2NO2/c1-6-2-7(4-13)3-9(12-6)14-5-8(10)11/h2-4,8H,5H2,1H3. The lowest BCUT2D eigenvalue weighted by Gasteiger charge is -2.05. The van der Waals surface area contributed by atoms with Crippen molar-refractivity contribution in [3.63, 3.8) is 0 Å². The number of aldehydes is 1. The molecule has 14 heavy (non-hydrogen) atoms. The van der Waals surface area contributed by atoms with Crippen LogP contribution < -0.4 is 4.74 Å². The Balaban J connectivity index is 2.76. The first-order valence-electron chi connectivity index (χ1n) is 3.96. The van der Waals surface area contributed by atoms with Crippen LogP contribution in [0.15, 0.2) is 12.1 Å². The van der Waals surface area contributed by atoms with Crippen LogP contribution in [0.4, 0.5) is 8.78 Å². The summed E-state index contributed by atoms with van der Waals surface area (Å²) in [5.74, 6) is 0.0485. The largest absolute Gasteiger partial charge is 0.472 e. The quantitative estimate of drug-likeness (QED) is 0.698. The maximum Gasteiger partial charge on any atom is 0.272 e. The van der Waals surface area contributed by atoms with E-state index in [1.165, 1.54) is 6.07 Å². The Morgan fingerprint density at radius 3 is 2.86 bits per heavy atom. The van der Waals surface area contributed by atoms with E-state index < -0.39 is 13.0 Å². The zero-order chi connectivity index (χ0) is 10.6. The van der Waals surface area contributed by atoms with E-state index in [4.69, 9.17) is 0 Å². The number of carbonyl (C=O) groups excluding carboxylic acids is 1. The summed E-state index contributed by atoms with van der Waals surface area (Å²) in [5, 5.41) is 0. The Kier molecular flexibility index (Phi) is 3.50. The van der Waals surface area contributed by atoms with Gasteiger partial charge >= 0.3 is 0 Å². The smallest absolute Gasteiger partial charge is 0.272 e. The number of hydrogen-bond acceptors (Lipinski definition) is 3. The van der Waals surface area contributed by atoms with Gasteiger partial charge in [-0.3, -0.25) is 4.79 Å². The van der Waals surface area contributed by atoms with E-state index in [-0.39, 0.29) is 5.88 Å². The Hall–Kier alpha value is -1.52. The van der Waals surface area contributed by atoms with Gasteiger partial charge in [-0.2, -0.15) is 0 Å². The molecule has 0 aliphatic carbocycles. The van der Waals surface area contributed by atoms with Crippen LogP contribution in [0.2, 0.25) is 0 Å². The second kappa shape index (κ2) is 4.64. The van der Waals surface area contributed by atoms with Gasteiger partial charge in [0, 0.05) is 17.3 Å². The number of rotatable bonds is 4. The fourth-order valence-electron chi connectivity index (χ4n) is 0.954. The molecule has 1 heterocycles. The molecule has 0 spiro atoms. The van der Waals surface area contributed by atoms with E-state index in [2.05, 4.69) is 9.72 Å². The molecule has 0 aliphatic rings. The van der Waals surface area contributed by atoms with Crippen LogP contribution in [-0.2, 0) is 0 Å². The number of halogens is 2. The highest BCUT2D eigenvalue weighted by molar-refractivity contribution is 5.75. The molecule has 76 valence electrons. The number of ether oxygens (including phenoxy) is 1. The minimum absolute atomic E-state index is 0.0485. The molecule has 5 heteroatoms. The molecular formula is C9H9F2NO2. The SMILES string of the molecule is Cc1cc(C=O)cc(OCC(F)F)n1. The zero-order valence-electron chi connectivity index (χ0n) is 7.54. The number of carbonyl (C=O) groups is 1. The van der Waals surface area contributed by atoms with Gasteiger partial charge in [-0.1, -0.05) is 0 Å². The average molecular weight is 201 g/mol. The van der Waals surface area contributed by atoms with E-state index in [1.807, 2.05) is 0 Å². The van der Waals surface area contributed by atoms with Crippen molar-refractivity contribution in [3.8, 4) is 5.88 Å². The maximum absolute atomic E-state index is 11.8. The monoisotopic (exact) mass is 201 g/mol. The lowest BCUT2D eigenvalue weighted by molar-refractivity contribution is 0.0794. The molecule has 0 atom stereocenters. The summed E-state index contributed by atoms with van der Waals surface area (Å²) in [6.07, 6.45) is -1.93. The summed E-state index contributed by atoms with van der Waals surface area (Å²) in [5.41, 5.74) is 0.917. The Labute approximate surface area is 79.7 Å². The van der Waals surface area contributed by atoms with Gasteiger partial charge in [-0.15, -0.1) is 0 Å². The molecule has 0 fully saturated rings. The van der Waals surface area contributed by atoms with Crippen molar-refractivity contribution in [1.29, 1.82) is 0 Å². The van der Waals surface area contributed by atoms with Crippen LogP contribution in [0.3, 0.4) is 0 Å². The van der Waals surface area contributed by atoms with Crippen LogP contribution in [0.1, 0.15) is 16.1 Å². The molecule has 0 N–H and O–H groups in total. The molecule has 1 aromatic heterocycles. The third kappa shape index (κ3) is 3.08. The molecule has 0 saturated carbocycles. The summed E-state index contributed by atoms with van der Waals surface area (Å²) in [6.45, 7) is 0.941. The Morgan fingerprint density at radius 2 is 2.29 bits per heavy atom. The predicted molar refractivity (Wildman–Crippen MR) is 45.9 cm³/mol. The van der Waals surface area contributed by atoms with Crippen LogP contribution in [-0.4, -0.2) is 24.3 Å². The van der Waals surface area contributed by atoms with E-state index >= 15 is 0 Å². The van der Waals surface area contributed by atoms with Crippen LogP contribution in [0.25, 0.3) is 0 Å². The van der Waals surface area contributed by atoms with E-state index in [0.29, 0.717) is 17.5 Å². The van der Waals surface area contributed by atoms with Gasteiger partial charge < -0.3 is 4.74 Å². The van der Waals surface area contributed by atoms with Gasteiger partial charge in [0.15, 0.2) is 6.61 Å². The van der Waals surface area contributed by atoms with Crippen molar-refractivity contribution in [3.05, 3.63) is 23.4 Å². The van der Waals surface area contributed by atoms with Crippen molar-refractivity contribution in [2.45, 2.75) is 13.3 Å². The van der Waals surface area contributed by atoms with Crippen molar-refractivity contribution >= 4 is 6.29 Å². The molecule has 3 nitrogen and oxygen atoms in total. The first-order chi connectivity index (χ1) is 6.61. The summed E-state index contributed by atoms with van der Waals surface area (Å²) in [6, 6.07) is 2.87. The first kappa shape index (κ1) is 10.6. The lowest BCUT2D eigenvalue weighted by atomic mass is 10.2. The van der Waals surface area contributed by atoms with Crippen molar-refractivity contribution < 1.29 is 18.3 Å². The molecular weight excluding hydrogens is 192 g/mol. The minimum atomic E-state index is -2.54. The van der Waals surface area contributed by atoms with E-state index in [9.17, 15) is 13.6 Å². The molecule has 0 unspecified atom stereocenters. The Bertz CT molecular complexity index is 329. The fourth-order valence-corrected chi connectivity index (χ4v) is 0.954. The van der Waals surface area contributed by atoms with Crippen LogP contribution >= 0.6 is 0 Å². The highest BCUT2D eigenvalue weighted by Gasteiger charge is 2.05. The van der Waals surface area contributed by atoms with E-state index in [1.54, 1.807) is 13.0 Å². The summed E-state index contributed by atoms with van der Waals surface area (Å²) in [7, 11) is 0. The second-order valence-electron chi connectivity index (χ2n) is 2.70. The summed E-state index contributed by atoms with van der Waals surface area (Å²) in [4.78, 5) is 14.3. The van der Waals surface area contributed by atoms with Gasteiger partial charge in [0.2, 0.25) is 5.88 Å². The van der Waals surface area contributed by atoms with Gasteiger partial charge in [0.25, 0.3) is 6.43 Å². The molecule has 0 aliphatic heterocycles. The highest BCUT2D eigenvalue weighted by atomic mass is 19.3. The zero-order valence-corrected chi connectivity index (χ0v) is 7.54. The minimum Gasteiger partial charge on any atom is -0.472 e. The molecule has 1 aromatic rings.